The lowest BCUT2D eigenvalue weighted by Gasteiger charge is -2.35. The Kier molecular flexibility index (Phi) is 8.06. The molecule has 1 amide bonds. The van der Waals surface area contributed by atoms with E-state index in [9.17, 15) is 9.90 Å². The second kappa shape index (κ2) is 10.3. The minimum atomic E-state index is 0.140. The summed E-state index contributed by atoms with van der Waals surface area (Å²) in [7, 11) is 0. The topological polar surface area (TPSA) is 55.8 Å². The zero-order valence-electron chi connectivity index (χ0n) is 15.7. The first kappa shape index (κ1) is 19.6. The van der Waals surface area contributed by atoms with Crippen LogP contribution in [0.2, 0.25) is 0 Å². The van der Waals surface area contributed by atoms with Crippen LogP contribution < -0.4 is 10.2 Å². The summed E-state index contributed by atoms with van der Waals surface area (Å²) >= 11 is 0. The van der Waals surface area contributed by atoms with Crippen molar-refractivity contribution < 1.29 is 9.90 Å². The lowest BCUT2D eigenvalue weighted by atomic mass is 10.1. The normalized spacial score (nSPS) is 16.6. The van der Waals surface area contributed by atoms with Gasteiger partial charge in [-0.05, 0) is 37.6 Å². The van der Waals surface area contributed by atoms with E-state index in [1.807, 2.05) is 12.1 Å². The summed E-state index contributed by atoms with van der Waals surface area (Å²) < 4.78 is 0. The van der Waals surface area contributed by atoms with Crippen LogP contribution in [0.4, 0.5) is 5.69 Å². The Labute approximate surface area is 152 Å². The highest BCUT2D eigenvalue weighted by Gasteiger charge is 2.19. The minimum Gasteiger partial charge on any atom is -0.508 e. The van der Waals surface area contributed by atoms with Crippen molar-refractivity contribution in [2.24, 2.45) is 0 Å². The van der Waals surface area contributed by atoms with E-state index in [2.05, 4.69) is 29.0 Å². The molecule has 1 atom stereocenters. The largest absolute Gasteiger partial charge is 0.508 e. The number of carbonyl (C=O) groups excluding carboxylic acids is 1. The Hall–Kier alpha value is -1.75. The molecule has 2 rings (SSSR count). The van der Waals surface area contributed by atoms with Crippen LogP contribution >= 0.6 is 0 Å². The van der Waals surface area contributed by atoms with Crippen LogP contribution in [-0.4, -0.2) is 54.7 Å². The van der Waals surface area contributed by atoms with Crippen molar-refractivity contribution in [1.29, 1.82) is 0 Å². The van der Waals surface area contributed by atoms with Crippen molar-refractivity contribution in [1.82, 2.24) is 10.2 Å². The number of anilines is 1. The van der Waals surface area contributed by atoms with Gasteiger partial charge >= 0.3 is 0 Å². The number of phenols is 1. The van der Waals surface area contributed by atoms with Crippen LogP contribution in [0.3, 0.4) is 0 Å². The predicted molar refractivity (Wildman–Crippen MR) is 103 cm³/mol. The van der Waals surface area contributed by atoms with Crippen molar-refractivity contribution in [2.45, 2.75) is 52.0 Å². The summed E-state index contributed by atoms with van der Waals surface area (Å²) in [5.74, 6) is 0.434. The second-order valence-electron chi connectivity index (χ2n) is 7.10. The molecular formula is C20H33N3O2. The molecule has 0 unspecified atom stereocenters. The van der Waals surface area contributed by atoms with Gasteiger partial charge in [-0.2, -0.15) is 0 Å². The number of benzene rings is 1. The van der Waals surface area contributed by atoms with Gasteiger partial charge in [0.05, 0.1) is 6.54 Å². The van der Waals surface area contributed by atoms with Crippen LogP contribution in [0.25, 0.3) is 0 Å². The first-order chi connectivity index (χ1) is 12.1. The average Bonchev–Trinajstić information content (AvgIpc) is 2.60. The maximum absolute atomic E-state index is 12.2. The van der Waals surface area contributed by atoms with E-state index in [4.69, 9.17) is 0 Å². The summed E-state index contributed by atoms with van der Waals surface area (Å²) in [4.78, 5) is 16.7. The number of phenolic OH excluding ortho intramolecular Hbond substituents is 1. The highest BCUT2D eigenvalue weighted by atomic mass is 16.3. The summed E-state index contributed by atoms with van der Waals surface area (Å²) in [5, 5.41) is 12.5. The summed E-state index contributed by atoms with van der Waals surface area (Å²) in [6.07, 6.45) is 6.06. The fraction of sp³-hybridized carbons (Fsp3) is 0.650. The quantitative estimate of drug-likeness (QED) is 0.674. The molecule has 1 saturated heterocycles. The molecule has 0 radical (unpaired) electrons. The number of hydrogen-bond donors (Lipinski definition) is 2. The smallest absolute Gasteiger partial charge is 0.234 e. The molecule has 1 fully saturated rings. The number of nitrogens with zero attached hydrogens (tertiary/aromatic N) is 2. The lowest BCUT2D eigenvalue weighted by molar-refractivity contribution is -0.123. The minimum absolute atomic E-state index is 0.140. The van der Waals surface area contributed by atoms with Gasteiger partial charge in [0.1, 0.15) is 5.75 Å². The highest BCUT2D eigenvalue weighted by molar-refractivity contribution is 5.78. The van der Waals surface area contributed by atoms with Gasteiger partial charge in [-0.25, -0.2) is 0 Å². The van der Waals surface area contributed by atoms with Crippen molar-refractivity contribution in [3.63, 3.8) is 0 Å². The van der Waals surface area contributed by atoms with Gasteiger partial charge in [0.2, 0.25) is 5.91 Å². The molecule has 1 aromatic carbocycles. The van der Waals surface area contributed by atoms with Crippen molar-refractivity contribution in [3.05, 3.63) is 24.3 Å². The van der Waals surface area contributed by atoms with Crippen molar-refractivity contribution in [3.8, 4) is 5.75 Å². The van der Waals surface area contributed by atoms with Crippen LogP contribution in [0, 0.1) is 0 Å². The van der Waals surface area contributed by atoms with Gasteiger partial charge in [0.25, 0.3) is 0 Å². The number of rotatable bonds is 9. The molecule has 0 aromatic heterocycles. The summed E-state index contributed by atoms with van der Waals surface area (Å²) in [6.45, 7) is 8.40. The number of hydrogen-bond acceptors (Lipinski definition) is 4. The zero-order chi connectivity index (χ0) is 18.1. The molecule has 1 aromatic rings. The van der Waals surface area contributed by atoms with Crippen LogP contribution in [0.1, 0.15) is 46.0 Å². The molecule has 2 N–H and O–H groups in total. The van der Waals surface area contributed by atoms with Gasteiger partial charge in [-0.3, -0.25) is 9.69 Å². The van der Waals surface area contributed by atoms with E-state index < -0.39 is 0 Å². The maximum atomic E-state index is 12.2. The van der Waals surface area contributed by atoms with Gasteiger partial charge < -0.3 is 15.3 Å². The lowest BCUT2D eigenvalue weighted by Crippen LogP contribution is -2.50. The van der Waals surface area contributed by atoms with E-state index in [1.54, 1.807) is 12.1 Å². The van der Waals surface area contributed by atoms with E-state index >= 15 is 0 Å². The number of amides is 1. The summed E-state index contributed by atoms with van der Waals surface area (Å²) in [6, 6.07) is 7.59. The fourth-order valence-electron chi connectivity index (χ4n) is 3.30. The molecule has 1 aliphatic heterocycles. The Balaban J connectivity index is 1.65. The number of piperazine rings is 1. The fourth-order valence-corrected chi connectivity index (χ4v) is 3.30. The molecule has 5 heteroatoms. The number of unbranched alkanes of at least 4 members (excludes halogenated alkanes) is 3. The molecule has 1 heterocycles. The van der Waals surface area contributed by atoms with Crippen LogP contribution in [0.15, 0.2) is 24.3 Å². The molecule has 25 heavy (non-hydrogen) atoms. The predicted octanol–water partition coefficient (Wildman–Crippen LogP) is 2.99. The van der Waals surface area contributed by atoms with Crippen LogP contribution in [-0.2, 0) is 4.79 Å². The number of aromatic hydroxyl groups is 1. The van der Waals surface area contributed by atoms with Gasteiger partial charge in [0.15, 0.2) is 0 Å². The van der Waals surface area contributed by atoms with Crippen molar-refractivity contribution in [2.75, 3.05) is 37.6 Å². The molecule has 0 spiro atoms. The molecule has 0 saturated carbocycles. The van der Waals surface area contributed by atoms with Gasteiger partial charge in [0, 0.05) is 37.9 Å². The molecule has 5 nitrogen and oxygen atoms in total. The Morgan fingerprint density at radius 1 is 1.12 bits per heavy atom. The third-order valence-corrected chi connectivity index (χ3v) is 4.85. The molecule has 0 bridgehead atoms. The first-order valence-electron chi connectivity index (χ1n) is 9.64. The Morgan fingerprint density at radius 2 is 1.80 bits per heavy atom. The van der Waals surface area contributed by atoms with Crippen molar-refractivity contribution >= 4 is 11.6 Å². The SMILES string of the molecule is CCCCCC[C@H](C)NC(=O)CN1CCN(c2ccc(O)cc2)CC1. The standard InChI is InChI=1S/C20H33N3O2/c1-3-4-5-6-7-17(2)21-20(25)16-22-12-14-23(15-13-22)18-8-10-19(24)11-9-18/h8-11,17,24H,3-7,12-16H2,1-2H3,(H,21,25)/t17-/m0/s1. The van der Waals surface area contributed by atoms with E-state index in [1.165, 1.54) is 25.7 Å². The Morgan fingerprint density at radius 3 is 2.44 bits per heavy atom. The zero-order valence-corrected chi connectivity index (χ0v) is 15.7. The van der Waals surface area contributed by atoms with Gasteiger partial charge in [-0.15, -0.1) is 0 Å². The van der Waals surface area contributed by atoms with Gasteiger partial charge in [-0.1, -0.05) is 32.6 Å². The monoisotopic (exact) mass is 347 g/mol. The number of nitrogens with one attached hydrogen (secondary N) is 1. The molecule has 0 aliphatic carbocycles. The van der Waals surface area contributed by atoms with E-state index in [-0.39, 0.29) is 11.9 Å². The van der Waals surface area contributed by atoms with E-state index in [0.29, 0.717) is 12.3 Å². The summed E-state index contributed by atoms with van der Waals surface area (Å²) in [5.41, 5.74) is 1.13. The Bertz CT molecular complexity index is 510. The third kappa shape index (κ3) is 6.94. The van der Waals surface area contributed by atoms with E-state index in [0.717, 1.165) is 38.3 Å². The first-order valence-corrected chi connectivity index (χ1v) is 9.64. The average molecular weight is 348 g/mol. The molecular weight excluding hydrogens is 314 g/mol. The highest BCUT2D eigenvalue weighted by Crippen LogP contribution is 2.19. The second-order valence-corrected chi connectivity index (χ2v) is 7.10. The third-order valence-electron chi connectivity index (χ3n) is 4.85. The van der Waals surface area contributed by atoms with Crippen LogP contribution in [0.5, 0.6) is 5.75 Å². The number of carbonyl (C=O) groups is 1. The maximum Gasteiger partial charge on any atom is 0.234 e. The molecule has 140 valence electrons. The molecule has 1 aliphatic rings.